The van der Waals surface area contributed by atoms with Gasteiger partial charge in [-0.1, -0.05) is 29.3 Å². The van der Waals surface area contributed by atoms with Crippen LogP contribution >= 0.6 is 23.2 Å². The van der Waals surface area contributed by atoms with Gasteiger partial charge in [0.1, 0.15) is 0 Å². The lowest BCUT2D eigenvalue weighted by molar-refractivity contribution is -0.160. The lowest BCUT2D eigenvalue weighted by Crippen LogP contribution is -2.38. The standard InChI is InChI=1S/C11H12Cl2O3/c1-11(15,10(14)16-2)6-7-3-4-8(12)5-9(7)13/h3-5,15H,6H2,1-2H3. The largest absolute Gasteiger partial charge is 0.467 e. The third kappa shape index (κ3) is 3.11. The summed E-state index contributed by atoms with van der Waals surface area (Å²) in [7, 11) is 1.22. The van der Waals surface area contributed by atoms with Crippen LogP contribution in [0.3, 0.4) is 0 Å². The first-order chi connectivity index (χ1) is 7.36. The number of hydrogen-bond acceptors (Lipinski definition) is 3. The molecule has 0 heterocycles. The topological polar surface area (TPSA) is 46.5 Å². The second-order valence-corrected chi connectivity index (χ2v) is 4.52. The van der Waals surface area contributed by atoms with Gasteiger partial charge in [-0.15, -0.1) is 0 Å². The average Bonchev–Trinajstić information content (AvgIpc) is 2.21. The number of ether oxygens (including phenoxy) is 1. The molecule has 1 N–H and O–H groups in total. The van der Waals surface area contributed by atoms with Gasteiger partial charge in [-0.25, -0.2) is 4.79 Å². The fourth-order valence-corrected chi connectivity index (χ4v) is 1.80. The second kappa shape index (κ2) is 5.04. The molecule has 16 heavy (non-hydrogen) atoms. The van der Waals surface area contributed by atoms with E-state index in [1.54, 1.807) is 18.2 Å². The van der Waals surface area contributed by atoms with Crippen LogP contribution in [-0.4, -0.2) is 23.8 Å². The Morgan fingerprint density at radius 1 is 1.50 bits per heavy atom. The summed E-state index contributed by atoms with van der Waals surface area (Å²) in [5, 5.41) is 10.8. The average molecular weight is 263 g/mol. The van der Waals surface area contributed by atoms with E-state index in [0.717, 1.165) is 0 Å². The Kier molecular flexibility index (Phi) is 4.19. The molecule has 0 aliphatic carbocycles. The number of rotatable bonds is 3. The van der Waals surface area contributed by atoms with E-state index >= 15 is 0 Å². The summed E-state index contributed by atoms with van der Waals surface area (Å²) in [6.07, 6.45) is 0.0790. The number of methoxy groups -OCH3 is 1. The molecule has 88 valence electrons. The maximum atomic E-state index is 11.3. The first-order valence-electron chi connectivity index (χ1n) is 4.61. The molecule has 1 rings (SSSR count). The van der Waals surface area contributed by atoms with E-state index in [1.807, 2.05) is 0 Å². The van der Waals surface area contributed by atoms with Crippen LogP contribution < -0.4 is 0 Å². The molecule has 0 radical (unpaired) electrons. The lowest BCUT2D eigenvalue weighted by atomic mass is 9.97. The Hall–Kier alpha value is -0.770. The van der Waals surface area contributed by atoms with Crippen LogP contribution in [-0.2, 0) is 16.0 Å². The molecule has 5 heteroatoms. The number of hydrogen-bond donors (Lipinski definition) is 1. The summed E-state index contributed by atoms with van der Waals surface area (Å²) in [5.74, 6) is -0.696. The van der Waals surface area contributed by atoms with Crippen molar-refractivity contribution < 1.29 is 14.6 Å². The SMILES string of the molecule is COC(=O)C(C)(O)Cc1ccc(Cl)cc1Cl. The highest BCUT2D eigenvalue weighted by atomic mass is 35.5. The minimum atomic E-state index is -1.59. The van der Waals surface area contributed by atoms with Crippen LogP contribution in [0.1, 0.15) is 12.5 Å². The zero-order valence-corrected chi connectivity index (χ0v) is 10.5. The molecular formula is C11H12Cl2O3. The van der Waals surface area contributed by atoms with Gasteiger partial charge < -0.3 is 9.84 Å². The Labute approximate surface area is 104 Å². The molecule has 0 amide bonds. The van der Waals surface area contributed by atoms with Crippen molar-refractivity contribution in [2.45, 2.75) is 18.9 Å². The van der Waals surface area contributed by atoms with Crippen LogP contribution in [0.25, 0.3) is 0 Å². The van der Waals surface area contributed by atoms with E-state index in [9.17, 15) is 9.90 Å². The van der Waals surface area contributed by atoms with Crippen LogP contribution in [0.5, 0.6) is 0 Å². The van der Waals surface area contributed by atoms with E-state index < -0.39 is 11.6 Å². The van der Waals surface area contributed by atoms with Gasteiger partial charge in [0, 0.05) is 16.5 Å². The van der Waals surface area contributed by atoms with Gasteiger partial charge in [-0.3, -0.25) is 0 Å². The molecule has 0 aromatic heterocycles. The number of aliphatic hydroxyl groups is 1. The Bertz CT molecular complexity index is 402. The predicted octanol–water partition coefficient (Wildman–Crippen LogP) is 2.46. The van der Waals surface area contributed by atoms with Gasteiger partial charge in [0.2, 0.25) is 0 Å². The van der Waals surface area contributed by atoms with Gasteiger partial charge in [0.15, 0.2) is 5.60 Å². The van der Waals surface area contributed by atoms with Crippen LogP contribution in [0.4, 0.5) is 0 Å². The van der Waals surface area contributed by atoms with Crippen molar-refractivity contribution in [2.24, 2.45) is 0 Å². The van der Waals surface area contributed by atoms with Gasteiger partial charge in [-0.2, -0.15) is 0 Å². The maximum absolute atomic E-state index is 11.3. The zero-order valence-electron chi connectivity index (χ0n) is 8.96. The molecule has 0 aliphatic rings. The van der Waals surface area contributed by atoms with Crippen LogP contribution in [0, 0.1) is 0 Å². The quantitative estimate of drug-likeness (QED) is 0.852. The smallest absolute Gasteiger partial charge is 0.337 e. The number of carbonyl (C=O) groups is 1. The minimum absolute atomic E-state index is 0.0790. The molecule has 3 nitrogen and oxygen atoms in total. The van der Waals surface area contributed by atoms with Gasteiger partial charge in [0.25, 0.3) is 0 Å². The number of benzene rings is 1. The Balaban J connectivity index is 2.92. The molecule has 0 saturated carbocycles. The van der Waals surface area contributed by atoms with Crippen molar-refractivity contribution in [3.63, 3.8) is 0 Å². The van der Waals surface area contributed by atoms with Gasteiger partial charge in [-0.05, 0) is 24.6 Å². The van der Waals surface area contributed by atoms with Crippen molar-refractivity contribution in [1.29, 1.82) is 0 Å². The number of halogens is 2. The van der Waals surface area contributed by atoms with E-state index in [1.165, 1.54) is 14.0 Å². The predicted molar refractivity (Wildman–Crippen MR) is 62.8 cm³/mol. The molecule has 0 spiro atoms. The summed E-state index contributed by atoms with van der Waals surface area (Å²) in [6.45, 7) is 1.38. The molecular weight excluding hydrogens is 251 g/mol. The molecule has 1 unspecified atom stereocenters. The Morgan fingerprint density at radius 3 is 2.62 bits per heavy atom. The van der Waals surface area contributed by atoms with Crippen LogP contribution in [0.15, 0.2) is 18.2 Å². The molecule has 0 aliphatic heterocycles. The van der Waals surface area contributed by atoms with Gasteiger partial charge in [0.05, 0.1) is 7.11 Å². The third-order valence-electron chi connectivity index (χ3n) is 2.17. The van der Waals surface area contributed by atoms with Crippen molar-refractivity contribution >= 4 is 29.2 Å². The van der Waals surface area contributed by atoms with E-state index in [-0.39, 0.29) is 6.42 Å². The molecule has 0 fully saturated rings. The number of carbonyl (C=O) groups excluding carboxylic acids is 1. The first kappa shape index (κ1) is 13.3. The summed E-state index contributed by atoms with van der Waals surface area (Å²) in [4.78, 5) is 11.3. The van der Waals surface area contributed by atoms with E-state index in [2.05, 4.69) is 4.74 Å². The van der Waals surface area contributed by atoms with Crippen molar-refractivity contribution in [3.8, 4) is 0 Å². The fraction of sp³-hybridized carbons (Fsp3) is 0.364. The van der Waals surface area contributed by atoms with E-state index in [0.29, 0.717) is 15.6 Å². The highest BCUT2D eigenvalue weighted by Gasteiger charge is 2.32. The van der Waals surface area contributed by atoms with Gasteiger partial charge >= 0.3 is 5.97 Å². The molecule has 1 atom stereocenters. The normalized spacial score (nSPS) is 14.3. The minimum Gasteiger partial charge on any atom is -0.467 e. The summed E-state index contributed by atoms with van der Waals surface area (Å²) < 4.78 is 4.49. The summed E-state index contributed by atoms with van der Waals surface area (Å²) in [5.41, 5.74) is -0.951. The molecule has 1 aromatic rings. The second-order valence-electron chi connectivity index (χ2n) is 3.68. The molecule has 0 saturated heterocycles. The number of esters is 1. The highest BCUT2D eigenvalue weighted by molar-refractivity contribution is 6.35. The maximum Gasteiger partial charge on any atom is 0.337 e. The monoisotopic (exact) mass is 262 g/mol. The molecule has 0 bridgehead atoms. The molecule has 1 aromatic carbocycles. The third-order valence-corrected chi connectivity index (χ3v) is 2.76. The lowest BCUT2D eigenvalue weighted by Gasteiger charge is -2.20. The van der Waals surface area contributed by atoms with Crippen LogP contribution in [0.2, 0.25) is 10.0 Å². The van der Waals surface area contributed by atoms with Crippen molar-refractivity contribution in [1.82, 2.24) is 0 Å². The Morgan fingerprint density at radius 2 is 2.12 bits per heavy atom. The van der Waals surface area contributed by atoms with Crippen molar-refractivity contribution in [2.75, 3.05) is 7.11 Å². The first-order valence-corrected chi connectivity index (χ1v) is 5.37. The summed E-state index contributed by atoms with van der Waals surface area (Å²) >= 11 is 11.7. The van der Waals surface area contributed by atoms with E-state index in [4.69, 9.17) is 23.2 Å². The summed E-state index contributed by atoms with van der Waals surface area (Å²) in [6, 6.07) is 4.88. The highest BCUT2D eigenvalue weighted by Crippen LogP contribution is 2.25. The van der Waals surface area contributed by atoms with Crippen molar-refractivity contribution in [3.05, 3.63) is 33.8 Å². The zero-order chi connectivity index (χ0) is 12.3. The fourth-order valence-electron chi connectivity index (χ4n) is 1.33.